The molecule has 0 spiro atoms. The number of benzene rings is 1. The fraction of sp³-hybridized carbons (Fsp3) is 0.389. The first-order chi connectivity index (χ1) is 11.8. The number of hydrogen-bond donors (Lipinski definition) is 3. The van der Waals surface area contributed by atoms with Gasteiger partial charge in [-0.2, -0.15) is 0 Å². The largest absolute Gasteiger partial charge is 0.505 e. The Morgan fingerprint density at radius 2 is 2.04 bits per heavy atom. The number of aryl methyl sites for hydroxylation is 2. The highest BCUT2D eigenvalue weighted by Crippen LogP contribution is 2.30. The Balaban J connectivity index is 2.02. The van der Waals surface area contributed by atoms with Gasteiger partial charge in [0.15, 0.2) is 0 Å². The molecular weight excluding hydrogens is 320 g/mol. The topological polar surface area (TPSA) is 109 Å². The predicted molar refractivity (Wildman–Crippen MR) is 94.4 cm³/mol. The van der Waals surface area contributed by atoms with Gasteiger partial charge in [0.1, 0.15) is 23.0 Å². The number of phenolic OH excluding ortho intramolecular Hbond substituents is 1. The Kier molecular flexibility index (Phi) is 4.34. The number of nitrogens with one attached hydrogen (secondary N) is 1. The van der Waals surface area contributed by atoms with Gasteiger partial charge in [0.2, 0.25) is 5.91 Å². The number of likely N-dealkylation sites (N-methyl/N-ethyl adjacent to an activating group) is 1. The summed E-state index contributed by atoms with van der Waals surface area (Å²) in [6.07, 6.45) is 0.419. The summed E-state index contributed by atoms with van der Waals surface area (Å²) in [7, 11) is 1.53. The van der Waals surface area contributed by atoms with Crippen LogP contribution in [0.15, 0.2) is 18.2 Å². The average Bonchev–Trinajstić information content (AvgIpc) is 2.99. The molecule has 0 saturated carbocycles. The van der Waals surface area contributed by atoms with E-state index in [0.29, 0.717) is 24.0 Å². The zero-order valence-electron chi connectivity index (χ0n) is 14.5. The first-order valence-corrected chi connectivity index (χ1v) is 8.21. The maximum Gasteiger partial charge on any atom is 0.273 e. The summed E-state index contributed by atoms with van der Waals surface area (Å²) in [5, 5.41) is 13.7. The van der Waals surface area contributed by atoms with Gasteiger partial charge in [-0.15, -0.1) is 0 Å². The molecule has 1 fully saturated rings. The van der Waals surface area contributed by atoms with Gasteiger partial charge in [-0.25, -0.2) is 4.98 Å². The van der Waals surface area contributed by atoms with Crippen LogP contribution in [0.1, 0.15) is 28.0 Å². The lowest BCUT2D eigenvalue weighted by atomic mass is 10.0. The number of aromatic nitrogens is 1. The summed E-state index contributed by atoms with van der Waals surface area (Å²) in [5.41, 5.74) is 8.20. The van der Waals surface area contributed by atoms with Crippen LogP contribution >= 0.6 is 0 Å². The van der Waals surface area contributed by atoms with Crippen LogP contribution in [0.2, 0.25) is 0 Å². The Morgan fingerprint density at radius 1 is 1.32 bits per heavy atom. The number of likely N-dealkylation sites (tertiary alicyclic amines) is 1. The summed E-state index contributed by atoms with van der Waals surface area (Å²) >= 11 is 0. The molecule has 0 unspecified atom stereocenters. The van der Waals surface area contributed by atoms with Crippen molar-refractivity contribution in [2.75, 3.05) is 13.6 Å². The Labute approximate surface area is 145 Å². The van der Waals surface area contributed by atoms with Crippen molar-refractivity contribution in [1.29, 1.82) is 0 Å². The normalized spacial score (nSPS) is 20.1. The quantitative estimate of drug-likeness (QED) is 0.749. The van der Waals surface area contributed by atoms with E-state index in [1.165, 1.54) is 11.9 Å². The molecule has 7 heteroatoms. The second-order valence-corrected chi connectivity index (χ2v) is 6.53. The van der Waals surface area contributed by atoms with Gasteiger partial charge >= 0.3 is 0 Å². The van der Waals surface area contributed by atoms with Gasteiger partial charge in [0.25, 0.3) is 5.91 Å². The van der Waals surface area contributed by atoms with Crippen molar-refractivity contribution in [3.8, 4) is 5.75 Å². The van der Waals surface area contributed by atoms with Crippen LogP contribution in [-0.2, 0) is 4.79 Å². The van der Waals surface area contributed by atoms with Gasteiger partial charge in [-0.1, -0.05) is 12.1 Å². The maximum absolute atomic E-state index is 12.9. The van der Waals surface area contributed by atoms with Crippen molar-refractivity contribution in [3.63, 3.8) is 0 Å². The van der Waals surface area contributed by atoms with Crippen molar-refractivity contribution in [1.82, 2.24) is 15.2 Å². The highest BCUT2D eigenvalue weighted by molar-refractivity contribution is 5.99. The standard InChI is InChI=1S/C18H22N4O3/c1-9-6-10(2)16(23)15-12(9)4-5-13(21-15)18(25)22-8-11(19)7-14(22)17(24)20-3/h4-6,11,14,23H,7-8,19H2,1-3H3,(H,20,24)/t11-,14+/m1/s1. The molecule has 1 saturated heterocycles. The van der Waals surface area contributed by atoms with E-state index >= 15 is 0 Å². The average molecular weight is 342 g/mol. The predicted octanol–water partition coefficient (Wildman–Crippen LogP) is 0.845. The number of aromatic hydroxyl groups is 1. The monoisotopic (exact) mass is 342 g/mol. The molecule has 1 aliphatic rings. The molecule has 132 valence electrons. The first kappa shape index (κ1) is 17.2. The number of carbonyl (C=O) groups is 2. The molecule has 4 N–H and O–H groups in total. The van der Waals surface area contributed by atoms with E-state index in [0.717, 1.165) is 10.9 Å². The first-order valence-electron chi connectivity index (χ1n) is 8.21. The molecule has 0 aliphatic carbocycles. The molecule has 1 aliphatic heterocycles. The number of amides is 2. The van der Waals surface area contributed by atoms with E-state index in [1.54, 1.807) is 19.1 Å². The van der Waals surface area contributed by atoms with Crippen LogP contribution < -0.4 is 11.1 Å². The summed E-state index contributed by atoms with van der Waals surface area (Å²) < 4.78 is 0. The summed E-state index contributed by atoms with van der Waals surface area (Å²) in [4.78, 5) is 30.8. The number of fused-ring (bicyclic) bond motifs is 1. The van der Waals surface area contributed by atoms with Crippen LogP contribution in [0.25, 0.3) is 10.9 Å². The fourth-order valence-electron chi connectivity index (χ4n) is 3.39. The maximum atomic E-state index is 12.9. The van der Waals surface area contributed by atoms with Crippen molar-refractivity contribution < 1.29 is 14.7 Å². The molecular formula is C18H22N4O3. The van der Waals surface area contributed by atoms with Crippen LogP contribution in [0, 0.1) is 13.8 Å². The van der Waals surface area contributed by atoms with Crippen molar-refractivity contribution in [2.45, 2.75) is 32.4 Å². The van der Waals surface area contributed by atoms with Crippen LogP contribution in [0.5, 0.6) is 5.75 Å². The molecule has 1 aromatic carbocycles. The SMILES string of the molecule is CNC(=O)[C@@H]1C[C@@H](N)CN1C(=O)c1ccc2c(C)cc(C)c(O)c2n1. The van der Waals surface area contributed by atoms with Gasteiger partial charge in [-0.05, 0) is 37.5 Å². The van der Waals surface area contributed by atoms with Crippen LogP contribution in [0.4, 0.5) is 0 Å². The molecule has 0 bridgehead atoms. The van der Waals surface area contributed by atoms with Crippen molar-refractivity contribution in [2.24, 2.45) is 5.73 Å². The zero-order valence-corrected chi connectivity index (χ0v) is 14.5. The fourth-order valence-corrected chi connectivity index (χ4v) is 3.39. The number of pyridine rings is 1. The summed E-state index contributed by atoms with van der Waals surface area (Å²) in [6, 6.07) is 4.43. The zero-order chi connectivity index (χ0) is 18.3. The highest BCUT2D eigenvalue weighted by atomic mass is 16.3. The van der Waals surface area contributed by atoms with Gasteiger partial charge in [0, 0.05) is 25.0 Å². The van der Waals surface area contributed by atoms with E-state index in [2.05, 4.69) is 10.3 Å². The van der Waals surface area contributed by atoms with Crippen molar-refractivity contribution >= 4 is 22.7 Å². The van der Waals surface area contributed by atoms with Crippen LogP contribution in [-0.4, -0.2) is 52.5 Å². The number of rotatable bonds is 2. The third kappa shape index (κ3) is 2.91. The lowest BCUT2D eigenvalue weighted by molar-refractivity contribution is -0.124. The molecule has 0 radical (unpaired) electrons. The Morgan fingerprint density at radius 3 is 2.72 bits per heavy atom. The number of phenols is 1. The van der Waals surface area contributed by atoms with Gasteiger partial charge in [-0.3, -0.25) is 9.59 Å². The molecule has 2 amide bonds. The minimum atomic E-state index is -0.599. The van der Waals surface area contributed by atoms with E-state index in [4.69, 9.17) is 5.73 Å². The Hall–Kier alpha value is -2.67. The van der Waals surface area contributed by atoms with Gasteiger partial charge < -0.3 is 21.1 Å². The molecule has 2 aromatic rings. The third-order valence-electron chi connectivity index (χ3n) is 4.71. The molecule has 7 nitrogen and oxygen atoms in total. The van der Waals surface area contributed by atoms with Crippen molar-refractivity contribution in [3.05, 3.63) is 35.0 Å². The van der Waals surface area contributed by atoms with E-state index < -0.39 is 6.04 Å². The molecule has 2 heterocycles. The number of nitrogens with two attached hydrogens (primary N) is 1. The minimum absolute atomic E-state index is 0.0659. The number of carbonyl (C=O) groups excluding carboxylic acids is 2. The van der Waals surface area contributed by atoms with Crippen LogP contribution in [0.3, 0.4) is 0 Å². The molecule has 25 heavy (non-hydrogen) atoms. The number of nitrogens with zero attached hydrogens (tertiary/aromatic N) is 2. The van der Waals surface area contributed by atoms with E-state index in [-0.39, 0.29) is 29.3 Å². The minimum Gasteiger partial charge on any atom is -0.505 e. The Bertz CT molecular complexity index is 865. The van der Waals surface area contributed by atoms with E-state index in [1.807, 2.05) is 13.0 Å². The summed E-state index contributed by atoms with van der Waals surface area (Å²) in [6.45, 7) is 4.02. The lowest BCUT2D eigenvalue weighted by Gasteiger charge is -2.23. The second kappa shape index (κ2) is 6.33. The second-order valence-electron chi connectivity index (χ2n) is 6.53. The molecule has 1 aromatic heterocycles. The van der Waals surface area contributed by atoms with E-state index in [9.17, 15) is 14.7 Å². The highest BCUT2D eigenvalue weighted by Gasteiger charge is 2.38. The number of hydrogen-bond acceptors (Lipinski definition) is 5. The van der Waals surface area contributed by atoms with Gasteiger partial charge in [0.05, 0.1) is 0 Å². The third-order valence-corrected chi connectivity index (χ3v) is 4.71. The summed E-state index contributed by atoms with van der Waals surface area (Å²) in [5.74, 6) is -0.533. The smallest absolute Gasteiger partial charge is 0.273 e. The molecule has 3 rings (SSSR count). The molecule has 2 atom stereocenters. The lowest BCUT2D eigenvalue weighted by Crippen LogP contribution is -2.45.